The Hall–Kier alpha value is -2.17. The molecule has 1 atom stereocenters. The molecule has 3 aliphatic rings. The van der Waals surface area contributed by atoms with Crippen LogP contribution in [0.2, 0.25) is 0 Å². The van der Waals surface area contributed by atoms with E-state index in [9.17, 15) is 18.0 Å². The molecular formula is C24H35N3O6S. The van der Waals surface area contributed by atoms with Crippen molar-refractivity contribution in [3.05, 3.63) is 23.8 Å². The van der Waals surface area contributed by atoms with Gasteiger partial charge in [-0.2, -0.15) is 4.31 Å². The molecule has 0 saturated carbocycles. The molecule has 4 rings (SSSR count). The number of benzene rings is 1. The maximum atomic E-state index is 13.2. The van der Waals surface area contributed by atoms with Gasteiger partial charge in [-0.25, -0.2) is 13.2 Å². The van der Waals surface area contributed by atoms with Crippen LogP contribution in [0.5, 0.6) is 0 Å². The van der Waals surface area contributed by atoms with Crippen LogP contribution in [0, 0.1) is 5.92 Å². The van der Waals surface area contributed by atoms with E-state index in [0.29, 0.717) is 64.1 Å². The lowest BCUT2D eigenvalue weighted by Crippen LogP contribution is -2.41. The number of carbonyl (C=O) groups is 2. The highest BCUT2D eigenvalue weighted by molar-refractivity contribution is 7.89. The quantitative estimate of drug-likeness (QED) is 0.560. The lowest BCUT2D eigenvalue weighted by molar-refractivity contribution is -0.136. The molecule has 1 unspecified atom stereocenters. The van der Waals surface area contributed by atoms with E-state index in [1.807, 2.05) is 4.90 Å². The van der Waals surface area contributed by atoms with E-state index < -0.39 is 16.0 Å². The summed E-state index contributed by atoms with van der Waals surface area (Å²) < 4.78 is 38.8. The molecule has 0 spiro atoms. The molecular weight excluding hydrogens is 458 g/mol. The maximum Gasteiger partial charge on any atom is 0.340 e. The first-order valence-corrected chi connectivity index (χ1v) is 13.7. The fourth-order valence-corrected chi connectivity index (χ4v) is 6.43. The van der Waals surface area contributed by atoms with Crippen molar-refractivity contribution in [3.63, 3.8) is 0 Å². The fraction of sp³-hybridized carbons (Fsp3) is 0.667. The molecule has 0 aliphatic carbocycles. The van der Waals surface area contributed by atoms with Crippen molar-refractivity contribution in [1.29, 1.82) is 0 Å². The van der Waals surface area contributed by atoms with Crippen LogP contribution >= 0.6 is 0 Å². The molecule has 3 aliphatic heterocycles. The second kappa shape index (κ2) is 11.0. The molecule has 0 aromatic heterocycles. The topological polar surface area (TPSA) is 96.5 Å². The van der Waals surface area contributed by atoms with Gasteiger partial charge in [0.25, 0.3) is 5.91 Å². The number of hydrogen-bond donors (Lipinski definition) is 0. The van der Waals surface area contributed by atoms with Crippen molar-refractivity contribution < 1.29 is 27.5 Å². The minimum Gasteiger partial charge on any atom is -0.452 e. The average Bonchev–Trinajstić information content (AvgIpc) is 2.87. The van der Waals surface area contributed by atoms with Gasteiger partial charge >= 0.3 is 5.97 Å². The average molecular weight is 494 g/mol. The molecule has 3 saturated heterocycles. The number of sulfonamides is 1. The zero-order valence-corrected chi connectivity index (χ0v) is 20.7. The van der Waals surface area contributed by atoms with Gasteiger partial charge in [-0.05, 0) is 49.8 Å². The van der Waals surface area contributed by atoms with Gasteiger partial charge in [0.05, 0.1) is 29.4 Å². The van der Waals surface area contributed by atoms with Gasteiger partial charge in [0.2, 0.25) is 10.0 Å². The molecule has 188 valence electrons. The van der Waals surface area contributed by atoms with E-state index in [1.54, 1.807) is 17.0 Å². The summed E-state index contributed by atoms with van der Waals surface area (Å²) in [5, 5.41) is 0. The number of morpholine rings is 1. The third-order valence-electron chi connectivity index (χ3n) is 6.83. The Balaban J connectivity index is 1.55. The monoisotopic (exact) mass is 493 g/mol. The first-order chi connectivity index (χ1) is 16.4. The van der Waals surface area contributed by atoms with Crippen molar-refractivity contribution in [2.75, 3.05) is 64.0 Å². The van der Waals surface area contributed by atoms with Gasteiger partial charge in [0.1, 0.15) is 0 Å². The Morgan fingerprint density at radius 3 is 2.47 bits per heavy atom. The lowest BCUT2D eigenvalue weighted by atomic mass is 10.0. The summed E-state index contributed by atoms with van der Waals surface area (Å²) in [6, 6.07) is 4.64. The summed E-state index contributed by atoms with van der Waals surface area (Å²) in [4.78, 5) is 29.6. The minimum atomic E-state index is -3.71. The number of amides is 1. The lowest BCUT2D eigenvalue weighted by Gasteiger charge is -2.31. The number of esters is 1. The maximum absolute atomic E-state index is 13.2. The third-order valence-corrected chi connectivity index (χ3v) is 8.72. The van der Waals surface area contributed by atoms with Crippen LogP contribution < -0.4 is 4.90 Å². The Morgan fingerprint density at radius 2 is 1.76 bits per heavy atom. The van der Waals surface area contributed by atoms with E-state index >= 15 is 0 Å². The molecule has 10 heteroatoms. The zero-order valence-electron chi connectivity index (χ0n) is 19.9. The molecule has 1 amide bonds. The third kappa shape index (κ3) is 5.72. The summed E-state index contributed by atoms with van der Waals surface area (Å²) in [6.45, 7) is 6.27. The predicted molar refractivity (Wildman–Crippen MR) is 127 cm³/mol. The number of rotatable bonds is 6. The Morgan fingerprint density at radius 1 is 1.03 bits per heavy atom. The normalized spacial score (nSPS) is 22.4. The molecule has 0 radical (unpaired) electrons. The smallest absolute Gasteiger partial charge is 0.340 e. The van der Waals surface area contributed by atoms with Gasteiger partial charge < -0.3 is 19.3 Å². The van der Waals surface area contributed by atoms with Crippen LogP contribution in [0.3, 0.4) is 0 Å². The van der Waals surface area contributed by atoms with E-state index in [2.05, 4.69) is 6.92 Å². The van der Waals surface area contributed by atoms with Gasteiger partial charge in [0, 0.05) is 39.3 Å². The summed E-state index contributed by atoms with van der Waals surface area (Å²) in [5.74, 6) is -0.474. The molecule has 3 heterocycles. The summed E-state index contributed by atoms with van der Waals surface area (Å²) in [6.07, 6.45) is 4.71. The summed E-state index contributed by atoms with van der Waals surface area (Å²) >= 11 is 0. The van der Waals surface area contributed by atoms with E-state index in [-0.39, 0.29) is 23.0 Å². The van der Waals surface area contributed by atoms with Crippen LogP contribution in [0.4, 0.5) is 5.69 Å². The van der Waals surface area contributed by atoms with Gasteiger partial charge in [0.15, 0.2) is 6.61 Å². The van der Waals surface area contributed by atoms with Gasteiger partial charge in [-0.3, -0.25) is 4.79 Å². The van der Waals surface area contributed by atoms with Crippen molar-refractivity contribution in [3.8, 4) is 0 Å². The van der Waals surface area contributed by atoms with Crippen LogP contribution in [0.15, 0.2) is 23.1 Å². The SMILES string of the molecule is CC1CCCN(C(=O)COC(=O)c2cc(S(=O)(=O)N3CCCCC3)ccc2N2CCOCC2)C1. The predicted octanol–water partition coefficient (Wildman–Crippen LogP) is 2.11. The first kappa shape index (κ1) is 24.9. The highest BCUT2D eigenvalue weighted by Crippen LogP contribution is 2.28. The van der Waals surface area contributed by atoms with Gasteiger partial charge in [-0.15, -0.1) is 0 Å². The van der Waals surface area contributed by atoms with Crippen LogP contribution in [0.25, 0.3) is 0 Å². The second-order valence-electron chi connectivity index (χ2n) is 9.41. The van der Waals surface area contributed by atoms with E-state index in [0.717, 1.165) is 32.1 Å². The summed E-state index contributed by atoms with van der Waals surface area (Å²) in [7, 11) is -3.71. The molecule has 1 aromatic carbocycles. The van der Waals surface area contributed by atoms with Crippen molar-refractivity contribution >= 4 is 27.6 Å². The highest BCUT2D eigenvalue weighted by atomic mass is 32.2. The Labute approximate surface area is 202 Å². The molecule has 34 heavy (non-hydrogen) atoms. The van der Waals surface area contributed by atoms with Crippen LogP contribution in [-0.4, -0.2) is 88.6 Å². The van der Waals surface area contributed by atoms with Crippen molar-refractivity contribution in [1.82, 2.24) is 9.21 Å². The number of carbonyl (C=O) groups excluding carboxylic acids is 2. The van der Waals surface area contributed by atoms with Crippen LogP contribution in [0.1, 0.15) is 49.4 Å². The molecule has 3 fully saturated rings. The first-order valence-electron chi connectivity index (χ1n) is 12.3. The highest BCUT2D eigenvalue weighted by Gasteiger charge is 2.29. The van der Waals surface area contributed by atoms with Crippen LogP contribution in [-0.2, 0) is 24.3 Å². The zero-order chi connectivity index (χ0) is 24.1. The molecule has 0 N–H and O–H groups in total. The molecule has 1 aromatic rings. The summed E-state index contributed by atoms with van der Waals surface area (Å²) in [5.41, 5.74) is 0.768. The number of nitrogens with zero attached hydrogens (tertiary/aromatic N) is 3. The number of hydrogen-bond acceptors (Lipinski definition) is 7. The standard InChI is InChI=1S/C24H35N3O6S/c1-19-6-5-9-26(17-19)23(28)18-33-24(29)21-16-20(34(30,31)27-10-3-2-4-11-27)7-8-22(21)25-12-14-32-15-13-25/h7-8,16,19H,2-6,9-15,17-18H2,1H3. The molecule has 9 nitrogen and oxygen atoms in total. The largest absolute Gasteiger partial charge is 0.452 e. The Bertz CT molecular complexity index is 986. The van der Waals surface area contributed by atoms with E-state index in [4.69, 9.17) is 9.47 Å². The number of ether oxygens (including phenoxy) is 2. The number of anilines is 1. The van der Waals surface area contributed by atoms with Crippen molar-refractivity contribution in [2.24, 2.45) is 5.92 Å². The number of likely N-dealkylation sites (tertiary alicyclic amines) is 1. The Kier molecular flexibility index (Phi) is 8.10. The second-order valence-corrected chi connectivity index (χ2v) is 11.3. The van der Waals surface area contributed by atoms with Gasteiger partial charge in [-0.1, -0.05) is 13.3 Å². The molecule has 0 bridgehead atoms. The number of piperidine rings is 2. The van der Waals surface area contributed by atoms with E-state index in [1.165, 1.54) is 10.4 Å². The minimum absolute atomic E-state index is 0.0783. The fourth-order valence-electron chi connectivity index (χ4n) is 4.89. The van der Waals surface area contributed by atoms with Crippen molar-refractivity contribution in [2.45, 2.75) is 43.9 Å².